The first-order valence-corrected chi connectivity index (χ1v) is 8.65. The molecule has 4 heteroatoms. The number of carbonyl (C=O) groups excluding carboxylic acids is 1. The first-order chi connectivity index (χ1) is 13.3. The molecule has 1 aromatic heterocycles. The summed E-state index contributed by atoms with van der Waals surface area (Å²) in [5.74, 6) is 1.51. The fourth-order valence-electron chi connectivity index (χ4n) is 3.44. The van der Waals surface area contributed by atoms with E-state index >= 15 is 0 Å². The average molecular weight is 353 g/mol. The highest BCUT2D eigenvalue weighted by atomic mass is 16.7. The molecule has 1 aliphatic rings. The molecule has 0 amide bonds. The van der Waals surface area contributed by atoms with Crippen LogP contribution in [0, 0.1) is 0 Å². The minimum Gasteiger partial charge on any atom is -0.454 e. The van der Waals surface area contributed by atoms with Gasteiger partial charge in [0.25, 0.3) is 0 Å². The van der Waals surface area contributed by atoms with Crippen molar-refractivity contribution in [3.05, 3.63) is 78.6 Å². The molecule has 0 saturated heterocycles. The van der Waals surface area contributed by atoms with Crippen LogP contribution in [0.2, 0.25) is 0 Å². The van der Waals surface area contributed by atoms with Gasteiger partial charge in [-0.3, -0.25) is 9.78 Å². The van der Waals surface area contributed by atoms with E-state index in [2.05, 4.69) is 23.2 Å². The number of rotatable bonds is 3. The van der Waals surface area contributed by atoms with Gasteiger partial charge in [-0.15, -0.1) is 0 Å². The van der Waals surface area contributed by atoms with E-state index in [0.717, 1.165) is 50.8 Å². The van der Waals surface area contributed by atoms with E-state index in [1.807, 2.05) is 42.5 Å². The van der Waals surface area contributed by atoms with Crippen molar-refractivity contribution in [1.82, 2.24) is 4.98 Å². The van der Waals surface area contributed by atoms with Crippen molar-refractivity contribution in [3.8, 4) is 33.8 Å². The molecular formula is C23H15NO3. The van der Waals surface area contributed by atoms with Crippen LogP contribution in [0.5, 0.6) is 11.5 Å². The Bertz CT molecular complexity index is 1170. The summed E-state index contributed by atoms with van der Waals surface area (Å²) in [6.07, 6.45) is 4.40. The molecule has 0 radical (unpaired) electrons. The topological polar surface area (TPSA) is 48.4 Å². The van der Waals surface area contributed by atoms with E-state index in [9.17, 15) is 4.79 Å². The molecule has 0 bridgehead atoms. The molecule has 0 saturated carbocycles. The first-order valence-electron chi connectivity index (χ1n) is 8.65. The molecule has 4 nitrogen and oxygen atoms in total. The van der Waals surface area contributed by atoms with Crippen molar-refractivity contribution in [2.45, 2.75) is 0 Å². The number of fused-ring (bicyclic) bond motifs is 2. The van der Waals surface area contributed by atoms with Gasteiger partial charge >= 0.3 is 0 Å². The third kappa shape index (κ3) is 2.72. The molecule has 0 fully saturated rings. The maximum absolute atomic E-state index is 11.0. The number of nitrogens with zero attached hydrogens (tertiary/aromatic N) is 1. The van der Waals surface area contributed by atoms with Crippen LogP contribution in [0.25, 0.3) is 33.0 Å². The molecule has 4 aromatic rings. The Balaban J connectivity index is 1.67. The van der Waals surface area contributed by atoms with E-state index in [-0.39, 0.29) is 6.79 Å². The Morgan fingerprint density at radius 1 is 0.778 bits per heavy atom. The third-order valence-electron chi connectivity index (χ3n) is 4.80. The van der Waals surface area contributed by atoms with E-state index in [1.165, 1.54) is 0 Å². The summed E-state index contributed by atoms with van der Waals surface area (Å²) < 4.78 is 11.4. The minimum atomic E-state index is 0.225. The van der Waals surface area contributed by atoms with Crippen molar-refractivity contribution in [2.75, 3.05) is 6.79 Å². The summed E-state index contributed by atoms with van der Waals surface area (Å²) in [7, 11) is 0. The fourth-order valence-corrected chi connectivity index (χ4v) is 3.44. The number of hydrogen-bond acceptors (Lipinski definition) is 4. The Morgan fingerprint density at radius 3 is 2.44 bits per heavy atom. The normalized spacial score (nSPS) is 12.3. The smallest absolute Gasteiger partial charge is 0.231 e. The van der Waals surface area contributed by atoms with Gasteiger partial charge < -0.3 is 9.47 Å². The van der Waals surface area contributed by atoms with Crippen LogP contribution in [-0.2, 0) is 0 Å². The second kappa shape index (κ2) is 6.25. The van der Waals surface area contributed by atoms with Crippen LogP contribution in [0.4, 0.5) is 0 Å². The Hall–Kier alpha value is -3.66. The highest BCUT2D eigenvalue weighted by molar-refractivity contribution is 5.92. The van der Waals surface area contributed by atoms with Gasteiger partial charge in [0.05, 0.1) is 0 Å². The largest absolute Gasteiger partial charge is 0.454 e. The monoisotopic (exact) mass is 353 g/mol. The van der Waals surface area contributed by atoms with E-state index in [1.54, 1.807) is 12.4 Å². The highest BCUT2D eigenvalue weighted by Crippen LogP contribution is 2.44. The van der Waals surface area contributed by atoms with E-state index in [4.69, 9.17) is 9.47 Å². The van der Waals surface area contributed by atoms with Gasteiger partial charge in [-0.05, 0) is 63.9 Å². The SMILES string of the molecule is O=Cc1ccc2cc(-c3cc4c(c(-c5ccncc5)c3)OCO4)ccc2c1. The summed E-state index contributed by atoms with van der Waals surface area (Å²) in [4.78, 5) is 15.1. The molecule has 0 unspecified atom stereocenters. The first kappa shape index (κ1) is 15.6. The molecule has 2 heterocycles. The standard InChI is InChI=1S/C23H15NO3/c25-13-15-1-2-18-10-19(4-3-17(18)9-15)20-11-21(16-5-7-24-8-6-16)23-22(12-20)26-14-27-23/h1-13H,14H2. The third-order valence-corrected chi connectivity index (χ3v) is 4.80. The zero-order valence-corrected chi connectivity index (χ0v) is 14.4. The number of ether oxygens (including phenoxy) is 2. The van der Waals surface area contributed by atoms with Crippen molar-refractivity contribution in [1.29, 1.82) is 0 Å². The molecule has 0 aliphatic carbocycles. The lowest BCUT2D eigenvalue weighted by Crippen LogP contribution is -1.93. The van der Waals surface area contributed by atoms with Gasteiger partial charge in [-0.1, -0.05) is 24.3 Å². The number of aromatic nitrogens is 1. The maximum atomic E-state index is 11.0. The van der Waals surface area contributed by atoms with Crippen LogP contribution in [-0.4, -0.2) is 18.1 Å². The van der Waals surface area contributed by atoms with Gasteiger partial charge in [0, 0.05) is 23.5 Å². The van der Waals surface area contributed by atoms with Crippen LogP contribution in [0.15, 0.2) is 73.1 Å². The Kier molecular flexibility index (Phi) is 3.61. The fraction of sp³-hybridized carbons (Fsp3) is 0.0435. The molecule has 3 aromatic carbocycles. The van der Waals surface area contributed by atoms with Gasteiger partial charge in [-0.2, -0.15) is 0 Å². The lowest BCUT2D eigenvalue weighted by Gasteiger charge is -2.11. The Morgan fingerprint density at radius 2 is 1.59 bits per heavy atom. The van der Waals surface area contributed by atoms with Gasteiger partial charge in [0.2, 0.25) is 6.79 Å². The van der Waals surface area contributed by atoms with Crippen molar-refractivity contribution < 1.29 is 14.3 Å². The van der Waals surface area contributed by atoms with Crippen LogP contribution in [0.3, 0.4) is 0 Å². The number of benzene rings is 3. The molecule has 1 aliphatic heterocycles. The van der Waals surface area contributed by atoms with Gasteiger partial charge in [0.15, 0.2) is 11.5 Å². The van der Waals surface area contributed by atoms with E-state index in [0.29, 0.717) is 5.56 Å². The predicted molar refractivity (Wildman–Crippen MR) is 104 cm³/mol. The summed E-state index contributed by atoms with van der Waals surface area (Å²) in [5, 5.41) is 2.12. The number of pyridine rings is 1. The maximum Gasteiger partial charge on any atom is 0.231 e. The van der Waals surface area contributed by atoms with Crippen LogP contribution >= 0.6 is 0 Å². The second-order valence-electron chi connectivity index (χ2n) is 6.43. The minimum absolute atomic E-state index is 0.225. The van der Waals surface area contributed by atoms with Gasteiger partial charge in [0.1, 0.15) is 6.29 Å². The highest BCUT2D eigenvalue weighted by Gasteiger charge is 2.21. The number of carbonyl (C=O) groups is 1. The molecule has 27 heavy (non-hydrogen) atoms. The molecule has 0 spiro atoms. The number of aldehydes is 1. The van der Waals surface area contributed by atoms with E-state index < -0.39 is 0 Å². The molecule has 5 rings (SSSR count). The molecule has 0 N–H and O–H groups in total. The lowest BCUT2D eigenvalue weighted by molar-refractivity contribution is 0.112. The molecule has 130 valence electrons. The summed E-state index contributed by atoms with van der Waals surface area (Å²) >= 11 is 0. The number of hydrogen-bond donors (Lipinski definition) is 0. The van der Waals surface area contributed by atoms with Crippen LogP contribution < -0.4 is 9.47 Å². The summed E-state index contributed by atoms with van der Waals surface area (Å²) in [5.41, 5.74) is 4.82. The van der Waals surface area contributed by atoms with Crippen molar-refractivity contribution >= 4 is 17.1 Å². The predicted octanol–water partition coefficient (Wildman–Crippen LogP) is 5.11. The van der Waals surface area contributed by atoms with Crippen molar-refractivity contribution in [2.24, 2.45) is 0 Å². The zero-order chi connectivity index (χ0) is 18.2. The van der Waals surface area contributed by atoms with Gasteiger partial charge in [-0.25, -0.2) is 0 Å². The Labute approximate surface area is 156 Å². The quantitative estimate of drug-likeness (QED) is 0.480. The zero-order valence-electron chi connectivity index (χ0n) is 14.4. The molecular weight excluding hydrogens is 338 g/mol. The van der Waals surface area contributed by atoms with Crippen LogP contribution in [0.1, 0.15) is 10.4 Å². The lowest BCUT2D eigenvalue weighted by atomic mass is 9.96. The summed E-state index contributed by atoms with van der Waals surface area (Å²) in [6.45, 7) is 0.225. The average Bonchev–Trinajstić information content (AvgIpc) is 3.21. The van der Waals surface area contributed by atoms with Crippen molar-refractivity contribution in [3.63, 3.8) is 0 Å². The summed E-state index contributed by atoms with van der Waals surface area (Å²) in [6, 6.07) is 20.0. The molecule has 0 atom stereocenters. The second-order valence-corrected chi connectivity index (χ2v) is 6.43.